The molecule has 3 aromatic rings. The molecule has 0 saturated carbocycles. The van der Waals surface area contributed by atoms with E-state index < -0.39 is 11.7 Å². The van der Waals surface area contributed by atoms with Gasteiger partial charge in [0.05, 0.1) is 6.61 Å². The second-order valence-electron chi connectivity index (χ2n) is 5.99. The van der Waals surface area contributed by atoms with Crippen molar-refractivity contribution in [2.24, 2.45) is 0 Å². The maximum Gasteiger partial charge on any atom is 0.298 e. The number of ketones is 1. The Balaban J connectivity index is 1.73. The molecule has 7 nitrogen and oxygen atoms in total. The molecule has 0 aliphatic carbocycles. The molecule has 3 rings (SSSR count). The maximum atomic E-state index is 12.6. The zero-order chi connectivity index (χ0) is 19.4. The van der Waals surface area contributed by atoms with Crippen molar-refractivity contribution in [2.45, 2.75) is 20.4 Å². The average Bonchev–Trinajstić information content (AvgIpc) is 3.25. The standard InChI is InChI=1S/C19H20N4O3S/c1-12-11-15(13(2)23(12)9-10-26-3)16(24)17(25)20-19-22-21-18(27-19)14-7-5-4-6-8-14/h4-8,11H,9-10H2,1-3H3,(H,20,22,25). The van der Waals surface area contributed by atoms with Crippen molar-refractivity contribution in [1.82, 2.24) is 14.8 Å². The Kier molecular flexibility index (Phi) is 5.78. The minimum absolute atomic E-state index is 0.292. The van der Waals surface area contributed by atoms with Gasteiger partial charge in [0.1, 0.15) is 5.01 Å². The molecule has 2 aromatic heterocycles. The van der Waals surface area contributed by atoms with Crippen molar-refractivity contribution in [2.75, 3.05) is 19.0 Å². The zero-order valence-corrected chi connectivity index (χ0v) is 16.2. The number of methoxy groups -OCH3 is 1. The number of aromatic nitrogens is 3. The quantitative estimate of drug-likeness (QED) is 0.500. The van der Waals surface area contributed by atoms with E-state index in [0.29, 0.717) is 28.9 Å². The third-order valence-electron chi connectivity index (χ3n) is 4.21. The first kappa shape index (κ1) is 18.9. The Hall–Kier alpha value is -2.84. The van der Waals surface area contributed by atoms with Crippen LogP contribution in [0.4, 0.5) is 5.13 Å². The van der Waals surface area contributed by atoms with Crippen LogP contribution in [0.5, 0.6) is 0 Å². The average molecular weight is 384 g/mol. The molecule has 0 bridgehead atoms. The summed E-state index contributed by atoms with van der Waals surface area (Å²) in [6, 6.07) is 11.3. The van der Waals surface area contributed by atoms with Crippen LogP contribution in [-0.4, -0.2) is 40.2 Å². The summed E-state index contributed by atoms with van der Waals surface area (Å²) in [4.78, 5) is 25.0. The van der Waals surface area contributed by atoms with Crippen molar-refractivity contribution in [3.8, 4) is 10.6 Å². The molecule has 140 valence electrons. The predicted molar refractivity (Wildman–Crippen MR) is 104 cm³/mol. The summed E-state index contributed by atoms with van der Waals surface area (Å²) in [6.45, 7) is 4.87. The van der Waals surface area contributed by atoms with E-state index >= 15 is 0 Å². The highest BCUT2D eigenvalue weighted by Crippen LogP contribution is 2.26. The molecular formula is C19H20N4O3S. The Labute approximate surface area is 161 Å². The predicted octanol–water partition coefficient (Wildman–Crippen LogP) is 3.09. The van der Waals surface area contributed by atoms with Crippen molar-refractivity contribution < 1.29 is 14.3 Å². The first-order chi connectivity index (χ1) is 13.0. The summed E-state index contributed by atoms with van der Waals surface area (Å²) < 4.78 is 7.05. The number of carbonyl (C=O) groups is 2. The minimum atomic E-state index is -0.724. The number of nitrogens with one attached hydrogen (secondary N) is 1. The molecule has 2 heterocycles. The van der Waals surface area contributed by atoms with Crippen molar-refractivity contribution in [3.05, 3.63) is 53.3 Å². The van der Waals surface area contributed by atoms with Crippen LogP contribution < -0.4 is 5.32 Å². The van der Waals surface area contributed by atoms with E-state index in [4.69, 9.17) is 4.74 Å². The molecule has 0 fully saturated rings. The Morgan fingerprint density at radius 3 is 2.63 bits per heavy atom. The number of carbonyl (C=O) groups excluding carboxylic acids is 2. The van der Waals surface area contributed by atoms with E-state index in [2.05, 4.69) is 15.5 Å². The van der Waals surface area contributed by atoms with Crippen molar-refractivity contribution in [1.29, 1.82) is 0 Å². The normalized spacial score (nSPS) is 10.8. The van der Waals surface area contributed by atoms with Crippen molar-refractivity contribution in [3.63, 3.8) is 0 Å². The molecule has 27 heavy (non-hydrogen) atoms. The van der Waals surface area contributed by atoms with E-state index in [9.17, 15) is 9.59 Å². The molecule has 8 heteroatoms. The molecule has 1 N–H and O–H groups in total. The molecule has 0 saturated heterocycles. The highest BCUT2D eigenvalue weighted by Gasteiger charge is 2.23. The van der Waals surface area contributed by atoms with Crippen LogP contribution >= 0.6 is 11.3 Å². The van der Waals surface area contributed by atoms with Gasteiger partial charge in [-0.2, -0.15) is 0 Å². The summed E-state index contributed by atoms with van der Waals surface area (Å²) in [5.41, 5.74) is 2.94. The fourth-order valence-electron chi connectivity index (χ4n) is 2.80. The lowest BCUT2D eigenvalue weighted by Crippen LogP contribution is -2.23. The summed E-state index contributed by atoms with van der Waals surface area (Å²) in [5.74, 6) is -1.32. The van der Waals surface area contributed by atoms with E-state index in [1.54, 1.807) is 13.2 Å². The highest BCUT2D eigenvalue weighted by molar-refractivity contribution is 7.18. The number of benzene rings is 1. The third kappa shape index (κ3) is 4.12. The van der Waals surface area contributed by atoms with Crippen LogP contribution in [0, 0.1) is 13.8 Å². The van der Waals surface area contributed by atoms with Gasteiger partial charge in [-0.05, 0) is 19.9 Å². The van der Waals surface area contributed by atoms with E-state index in [1.807, 2.05) is 48.7 Å². The number of anilines is 1. The molecule has 0 aliphatic rings. The van der Waals surface area contributed by atoms with Crippen LogP contribution in [-0.2, 0) is 16.1 Å². The van der Waals surface area contributed by atoms with Gasteiger partial charge in [0.2, 0.25) is 5.13 Å². The van der Waals surface area contributed by atoms with Gasteiger partial charge in [-0.1, -0.05) is 41.7 Å². The third-order valence-corrected chi connectivity index (χ3v) is 5.10. The van der Waals surface area contributed by atoms with Gasteiger partial charge >= 0.3 is 0 Å². The largest absolute Gasteiger partial charge is 0.383 e. The summed E-state index contributed by atoms with van der Waals surface area (Å²) in [6.07, 6.45) is 0. The van der Waals surface area contributed by atoms with Gasteiger partial charge in [-0.25, -0.2) is 0 Å². The Bertz CT molecular complexity index is 963. The highest BCUT2D eigenvalue weighted by atomic mass is 32.1. The van der Waals surface area contributed by atoms with E-state index in [1.165, 1.54) is 11.3 Å². The van der Waals surface area contributed by atoms with Gasteiger partial charge < -0.3 is 9.30 Å². The summed E-state index contributed by atoms with van der Waals surface area (Å²) in [7, 11) is 1.62. The fourth-order valence-corrected chi connectivity index (χ4v) is 3.55. The smallest absolute Gasteiger partial charge is 0.298 e. The number of rotatable bonds is 7. The van der Waals surface area contributed by atoms with Crippen molar-refractivity contribution >= 4 is 28.2 Å². The lowest BCUT2D eigenvalue weighted by atomic mass is 10.1. The topological polar surface area (TPSA) is 86.1 Å². The molecule has 0 aliphatic heterocycles. The molecule has 0 spiro atoms. The second-order valence-corrected chi connectivity index (χ2v) is 6.97. The molecular weight excluding hydrogens is 364 g/mol. The van der Waals surface area contributed by atoms with Crippen LogP contribution in [0.25, 0.3) is 10.6 Å². The first-order valence-corrected chi connectivity index (χ1v) is 9.23. The zero-order valence-electron chi connectivity index (χ0n) is 15.4. The van der Waals surface area contributed by atoms with Crippen LogP contribution in [0.1, 0.15) is 21.7 Å². The fraction of sp³-hybridized carbons (Fsp3) is 0.263. The Morgan fingerprint density at radius 2 is 1.93 bits per heavy atom. The Morgan fingerprint density at radius 1 is 1.19 bits per heavy atom. The van der Waals surface area contributed by atoms with Crippen LogP contribution in [0.2, 0.25) is 0 Å². The molecule has 0 radical (unpaired) electrons. The number of nitrogens with zero attached hydrogens (tertiary/aromatic N) is 3. The lowest BCUT2D eigenvalue weighted by Gasteiger charge is -2.08. The van der Waals surface area contributed by atoms with Crippen LogP contribution in [0.3, 0.4) is 0 Å². The summed E-state index contributed by atoms with van der Waals surface area (Å²) >= 11 is 1.22. The number of hydrogen-bond donors (Lipinski definition) is 1. The van der Waals surface area contributed by atoms with E-state index in [0.717, 1.165) is 17.0 Å². The molecule has 1 amide bonds. The van der Waals surface area contributed by atoms with Gasteiger partial charge in [0.15, 0.2) is 0 Å². The molecule has 0 unspecified atom stereocenters. The number of ether oxygens (including phenoxy) is 1. The number of hydrogen-bond acceptors (Lipinski definition) is 6. The van der Waals surface area contributed by atoms with Gasteiger partial charge in [0, 0.05) is 36.2 Å². The van der Waals surface area contributed by atoms with Gasteiger partial charge in [-0.3, -0.25) is 14.9 Å². The molecule has 1 aromatic carbocycles. The van der Waals surface area contributed by atoms with Gasteiger partial charge in [0.25, 0.3) is 11.7 Å². The maximum absolute atomic E-state index is 12.6. The first-order valence-electron chi connectivity index (χ1n) is 8.41. The van der Waals surface area contributed by atoms with Gasteiger partial charge in [-0.15, -0.1) is 10.2 Å². The number of Topliss-reactive ketones (excluding diaryl/α,β-unsaturated/α-hetero) is 1. The minimum Gasteiger partial charge on any atom is -0.383 e. The number of amides is 1. The van der Waals surface area contributed by atoms with Crippen LogP contribution in [0.15, 0.2) is 36.4 Å². The molecule has 0 atom stereocenters. The monoisotopic (exact) mass is 384 g/mol. The summed E-state index contributed by atoms with van der Waals surface area (Å²) in [5, 5.41) is 11.5. The van der Waals surface area contributed by atoms with E-state index in [-0.39, 0.29) is 0 Å². The SMILES string of the molecule is COCCn1c(C)cc(C(=O)C(=O)Nc2nnc(-c3ccccc3)s2)c1C. The second kappa shape index (κ2) is 8.24. The number of aryl methyl sites for hydroxylation is 1. The lowest BCUT2D eigenvalue weighted by molar-refractivity contribution is -0.112.